The van der Waals surface area contributed by atoms with E-state index in [4.69, 9.17) is 0 Å². The van der Waals surface area contributed by atoms with Crippen LogP contribution >= 0.6 is 12.6 Å². The molecule has 1 unspecified atom stereocenters. The van der Waals surface area contributed by atoms with E-state index < -0.39 is 0 Å². The molecule has 0 fully saturated rings. The summed E-state index contributed by atoms with van der Waals surface area (Å²) < 4.78 is 0. The van der Waals surface area contributed by atoms with Gasteiger partial charge >= 0.3 is 0 Å². The molecule has 0 bridgehead atoms. The average Bonchev–Trinajstić information content (AvgIpc) is 2.17. The molecule has 0 aliphatic rings. The Balaban J connectivity index is 2.77. The van der Waals surface area contributed by atoms with Gasteiger partial charge < -0.3 is 0 Å². The first-order valence-electron chi connectivity index (χ1n) is 4.54. The van der Waals surface area contributed by atoms with Gasteiger partial charge in [-0.1, -0.05) is 38.1 Å². The molecule has 0 nitrogen and oxygen atoms in total. The topological polar surface area (TPSA) is 0 Å². The zero-order valence-electron chi connectivity index (χ0n) is 7.75. The Morgan fingerprint density at radius 2 is 1.75 bits per heavy atom. The molecule has 0 N–H and O–H groups in total. The van der Waals surface area contributed by atoms with Crippen molar-refractivity contribution < 1.29 is 0 Å². The average molecular weight is 180 g/mol. The quantitative estimate of drug-likeness (QED) is 0.675. The van der Waals surface area contributed by atoms with Gasteiger partial charge in [-0.2, -0.15) is 12.6 Å². The van der Waals surface area contributed by atoms with Crippen LogP contribution in [-0.2, 0) is 6.42 Å². The Morgan fingerprint density at radius 3 is 2.17 bits per heavy atom. The number of thiol groups is 1. The highest BCUT2D eigenvalue weighted by atomic mass is 32.1. The van der Waals surface area contributed by atoms with E-state index in [1.54, 1.807) is 0 Å². The third kappa shape index (κ3) is 2.28. The molecule has 0 aromatic heterocycles. The van der Waals surface area contributed by atoms with E-state index in [1.165, 1.54) is 11.1 Å². The lowest BCUT2D eigenvalue weighted by Gasteiger charge is -2.07. The van der Waals surface area contributed by atoms with Gasteiger partial charge in [0.1, 0.15) is 0 Å². The van der Waals surface area contributed by atoms with Gasteiger partial charge in [0.15, 0.2) is 0 Å². The van der Waals surface area contributed by atoms with Gasteiger partial charge in [0.25, 0.3) is 0 Å². The maximum Gasteiger partial charge on any atom is 0.0264 e. The molecule has 0 saturated heterocycles. The molecule has 1 heteroatoms. The second kappa shape index (κ2) is 4.56. The van der Waals surface area contributed by atoms with Gasteiger partial charge in [0.2, 0.25) is 0 Å². The van der Waals surface area contributed by atoms with Crippen LogP contribution in [0.3, 0.4) is 0 Å². The number of aryl methyl sites for hydroxylation is 1. The van der Waals surface area contributed by atoms with Gasteiger partial charge in [-0.25, -0.2) is 0 Å². The van der Waals surface area contributed by atoms with Crippen molar-refractivity contribution in [3.8, 4) is 0 Å². The molecule has 1 atom stereocenters. The molecular formula is C11H16S. The van der Waals surface area contributed by atoms with Gasteiger partial charge in [-0.3, -0.25) is 0 Å². The minimum atomic E-state index is 0.399. The minimum Gasteiger partial charge on any atom is -0.171 e. The van der Waals surface area contributed by atoms with Crippen molar-refractivity contribution in [3.63, 3.8) is 0 Å². The van der Waals surface area contributed by atoms with Crippen LogP contribution in [0.1, 0.15) is 36.6 Å². The Labute approximate surface area is 80.4 Å². The molecule has 1 aromatic carbocycles. The summed E-state index contributed by atoms with van der Waals surface area (Å²) in [5, 5.41) is 0.399. The van der Waals surface area contributed by atoms with Gasteiger partial charge in [-0.15, -0.1) is 0 Å². The Hall–Kier alpha value is -0.430. The molecule has 0 spiro atoms. The maximum absolute atomic E-state index is 4.48. The summed E-state index contributed by atoms with van der Waals surface area (Å²) in [5.74, 6) is 0. The Kier molecular flexibility index (Phi) is 3.67. The van der Waals surface area contributed by atoms with E-state index in [0.717, 1.165) is 12.8 Å². The van der Waals surface area contributed by atoms with Crippen LogP contribution in [0.2, 0.25) is 0 Å². The highest BCUT2D eigenvalue weighted by Crippen LogP contribution is 2.23. The first-order chi connectivity index (χ1) is 5.77. The van der Waals surface area contributed by atoms with Crippen molar-refractivity contribution in [1.82, 2.24) is 0 Å². The van der Waals surface area contributed by atoms with Crippen molar-refractivity contribution >= 4 is 12.6 Å². The smallest absolute Gasteiger partial charge is 0.0264 e. The monoisotopic (exact) mass is 180 g/mol. The van der Waals surface area contributed by atoms with Crippen molar-refractivity contribution in [3.05, 3.63) is 35.4 Å². The molecular weight excluding hydrogens is 164 g/mol. The van der Waals surface area contributed by atoms with E-state index >= 15 is 0 Å². The fourth-order valence-corrected chi connectivity index (χ4v) is 1.38. The molecule has 0 heterocycles. The predicted molar refractivity (Wildman–Crippen MR) is 57.8 cm³/mol. The summed E-state index contributed by atoms with van der Waals surface area (Å²) in [6, 6.07) is 8.74. The summed E-state index contributed by atoms with van der Waals surface area (Å²) >= 11 is 4.48. The fourth-order valence-electron chi connectivity index (χ4n) is 1.21. The van der Waals surface area contributed by atoms with E-state index in [9.17, 15) is 0 Å². The second-order valence-electron chi connectivity index (χ2n) is 3.02. The lowest BCUT2D eigenvalue weighted by molar-refractivity contribution is 0.901. The highest BCUT2D eigenvalue weighted by molar-refractivity contribution is 7.80. The number of benzene rings is 1. The van der Waals surface area contributed by atoms with E-state index in [2.05, 4.69) is 50.7 Å². The molecule has 1 rings (SSSR count). The molecule has 1 aromatic rings. The predicted octanol–water partition coefficient (Wildman–Crippen LogP) is 3.63. The molecule has 12 heavy (non-hydrogen) atoms. The molecule has 66 valence electrons. The summed E-state index contributed by atoms with van der Waals surface area (Å²) in [4.78, 5) is 0. The summed E-state index contributed by atoms with van der Waals surface area (Å²) in [6.07, 6.45) is 2.21. The van der Waals surface area contributed by atoms with Crippen molar-refractivity contribution in [1.29, 1.82) is 0 Å². The minimum absolute atomic E-state index is 0.399. The van der Waals surface area contributed by atoms with Crippen molar-refractivity contribution in [2.75, 3.05) is 0 Å². The summed E-state index contributed by atoms with van der Waals surface area (Å²) in [6.45, 7) is 4.33. The summed E-state index contributed by atoms with van der Waals surface area (Å²) in [7, 11) is 0. The van der Waals surface area contributed by atoms with Gasteiger partial charge in [0, 0.05) is 5.25 Å². The number of hydrogen-bond donors (Lipinski definition) is 1. The standard InChI is InChI=1S/C11H16S/c1-3-9-5-7-10(8-6-9)11(12)4-2/h5-8,11-12H,3-4H2,1-2H3. The lowest BCUT2D eigenvalue weighted by atomic mass is 10.1. The van der Waals surface area contributed by atoms with Crippen molar-refractivity contribution in [2.45, 2.75) is 31.9 Å². The van der Waals surface area contributed by atoms with Crippen LogP contribution < -0.4 is 0 Å². The molecule has 0 saturated carbocycles. The third-order valence-electron chi connectivity index (χ3n) is 2.16. The van der Waals surface area contributed by atoms with Crippen LogP contribution in [0, 0.1) is 0 Å². The maximum atomic E-state index is 4.48. The first-order valence-corrected chi connectivity index (χ1v) is 5.06. The SMILES string of the molecule is CCc1ccc(C(S)CC)cc1. The highest BCUT2D eigenvalue weighted by Gasteiger charge is 2.01. The largest absolute Gasteiger partial charge is 0.171 e. The van der Waals surface area contributed by atoms with E-state index in [1.807, 2.05) is 0 Å². The zero-order valence-corrected chi connectivity index (χ0v) is 8.64. The number of rotatable bonds is 3. The Morgan fingerprint density at radius 1 is 1.17 bits per heavy atom. The first kappa shape index (κ1) is 9.66. The third-order valence-corrected chi connectivity index (χ3v) is 2.82. The lowest BCUT2D eigenvalue weighted by Crippen LogP contribution is -1.88. The molecule has 0 amide bonds. The molecule has 0 aliphatic heterocycles. The van der Waals surface area contributed by atoms with Crippen LogP contribution in [0.25, 0.3) is 0 Å². The molecule has 0 aliphatic carbocycles. The fraction of sp³-hybridized carbons (Fsp3) is 0.455. The van der Waals surface area contributed by atoms with Crippen LogP contribution in [0.5, 0.6) is 0 Å². The van der Waals surface area contributed by atoms with Gasteiger partial charge in [-0.05, 0) is 24.0 Å². The van der Waals surface area contributed by atoms with Crippen LogP contribution in [0.15, 0.2) is 24.3 Å². The zero-order chi connectivity index (χ0) is 8.97. The second-order valence-corrected chi connectivity index (χ2v) is 3.64. The van der Waals surface area contributed by atoms with Crippen LogP contribution in [0.4, 0.5) is 0 Å². The summed E-state index contributed by atoms with van der Waals surface area (Å²) in [5.41, 5.74) is 2.73. The number of hydrogen-bond acceptors (Lipinski definition) is 1. The normalized spacial score (nSPS) is 12.9. The van der Waals surface area contributed by atoms with E-state index in [0.29, 0.717) is 5.25 Å². The molecule has 0 radical (unpaired) electrons. The van der Waals surface area contributed by atoms with E-state index in [-0.39, 0.29) is 0 Å². The van der Waals surface area contributed by atoms with Crippen LogP contribution in [-0.4, -0.2) is 0 Å². The van der Waals surface area contributed by atoms with Crippen molar-refractivity contribution in [2.24, 2.45) is 0 Å². The van der Waals surface area contributed by atoms with Gasteiger partial charge in [0.05, 0.1) is 0 Å². The Bertz CT molecular complexity index is 225.